The van der Waals surface area contributed by atoms with E-state index in [-0.39, 0.29) is 11.5 Å². The Bertz CT molecular complexity index is 818. The van der Waals surface area contributed by atoms with E-state index in [1.54, 1.807) is 64.1 Å². The van der Waals surface area contributed by atoms with Crippen molar-refractivity contribution in [1.82, 2.24) is 0 Å². The number of ether oxygens (including phenoxy) is 2. The zero-order valence-corrected chi connectivity index (χ0v) is 15.3. The molecule has 2 rings (SSSR count). The van der Waals surface area contributed by atoms with Crippen LogP contribution in [0.25, 0.3) is 0 Å². The molecule has 0 atom stereocenters. The molecule has 0 heterocycles. The molecule has 0 bridgehead atoms. The number of rotatable bonds is 4. The Kier molecular flexibility index (Phi) is 5.45. The fourth-order valence-corrected chi connectivity index (χ4v) is 2.61. The first kappa shape index (κ1) is 18.9. The molecule has 2 aromatic carbocycles. The smallest absolute Gasteiger partial charge is 0.411 e. The van der Waals surface area contributed by atoms with E-state index < -0.39 is 18.8 Å². The van der Waals surface area contributed by atoms with E-state index in [0.717, 1.165) is 11.1 Å². The maximum Gasteiger partial charge on any atom is 0.411 e. The van der Waals surface area contributed by atoms with Crippen LogP contribution in [0.1, 0.15) is 22.3 Å². The topological polar surface area (TPSA) is 89.9 Å². The highest BCUT2D eigenvalue weighted by atomic mass is 31.2. The molecule has 6 nitrogen and oxygen atoms in total. The van der Waals surface area contributed by atoms with Gasteiger partial charge >= 0.3 is 18.8 Å². The third-order valence-electron chi connectivity index (χ3n) is 3.58. The standard InChI is InChI=1S/C18H19O6P/c1-11-5-7-13(3)15(9-11)23-17(19)25(21,22)18(20)24-16-10-12(2)6-8-14(16)4/h5-10H,1-4H3,(H,21,22). The Morgan fingerprint density at radius 2 is 1.16 bits per heavy atom. The second kappa shape index (κ2) is 7.21. The molecule has 0 aliphatic rings. The normalized spacial score (nSPS) is 11.1. The van der Waals surface area contributed by atoms with Gasteiger partial charge in [-0.2, -0.15) is 0 Å². The lowest BCUT2D eigenvalue weighted by Crippen LogP contribution is -2.17. The van der Waals surface area contributed by atoms with E-state index in [4.69, 9.17) is 9.47 Å². The van der Waals surface area contributed by atoms with E-state index in [1.807, 2.05) is 0 Å². The van der Waals surface area contributed by atoms with Gasteiger partial charge in [-0.3, -0.25) is 4.57 Å². The van der Waals surface area contributed by atoms with Crippen molar-refractivity contribution < 1.29 is 28.5 Å². The molecule has 0 aliphatic carbocycles. The summed E-state index contributed by atoms with van der Waals surface area (Å²) in [4.78, 5) is 34.0. The van der Waals surface area contributed by atoms with Gasteiger partial charge in [0.25, 0.3) is 0 Å². The van der Waals surface area contributed by atoms with Gasteiger partial charge in [-0.1, -0.05) is 24.3 Å². The SMILES string of the molecule is Cc1ccc(C)c(OC(=O)P(=O)(O)C(=O)Oc2cc(C)ccc2C)c1. The molecule has 0 radical (unpaired) electrons. The molecule has 0 spiro atoms. The molecule has 0 aromatic heterocycles. The van der Waals surface area contributed by atoms with E-state index in [0.29, 0.717) is 11.1 Å². The molecule has 0 saturated carbocycles. The maximum absolute atomic E-state index is 12.2. The summed E-state index contributed by atoms with van der Waals surface area (Å²) in [6.07, 6.45) is 0. The van der Waals surface area contributed by atoms with Gasteiger partial charge < -0.3 is 14.4 Å². The van der Waals surface area contributed by atoms with E-state index in [2.05, 4.69) is 0 Å². The van der Waals surface area contributed by atoms with Crippen LogP contribution in [-0.4, -0.2) is 16.3 Å². The summed E-state index contributed by atoms with van der Waals surface area (Å²) in [7, 11) is -5.00. The van der Waals surface area contributed by atoms with Gasteiger partial charge in [0.15, 0.2) is 0 Å². The molecule has 0 aliphatic heterocycles. The number of benzene rings is 2. The summed E-state index contributed by atoms with van der Waals surface area (Å²) in [6, 6.07) is 10.1. The Labute approximate surface area is 145 Å². The van der Waals surface area contributed by atoms with Crippen molar-refractivity contribution in [3.05, 3.63) is 58.7 Å². The number of carbonyl (C=O) groups excluding carboxylic acids is 2. The summed E-state index contributed by atoms with van der Waals surface area (Å²) >= 11 is 0. The van der Waals surface area contributed by atoms with Crippen LogP contribution < -0.4 is 9.47 Å². The van der Waals surface area contributed by atoms with Crippen LogP contribution in [0.4, 0.5) is 9.59 Å². The Hall–Kier alpha value is -2.43. The second-order valence-electron chi connectivity index (χ2n) is 5.85. The van der Waals surface area contributed by atoms with Gasteiger partial charge in [0, 0.05) is 0 Å². The zero-order valence-electron chi connectivity index (χ0n) is 14.4. The lowest BCUT2D eigenvalue weighted by atomic mass is 10.1. The summed E-state index contributed by atoms with van der Waals surface area (Å²) in [5.41, 5.74) is -0.255. The van der Waals surface area contributed by atoms with Crippen molar-refractivity contribution in [1.29, 1.82) is 0 Å². The molecule has 7 heteroatoms. The molecule has 25 heavy (non-hydrogen) atoms. The van der Waals surface area contributed by atoms with Gasteiger partial charge in [0.05, 0.1) is 0 Å². The van der Waals surface area contributed by atoms with Crippen LogP contribution in [0.5, 0.6) is 11.5 Å². The number of carbonyl (C=O) groups is 2. The fourth-order valence-electron chi connectivity index (χ4n) is 2.02. The second-order valence-corrected chi connectivity index (χ2v) is 7.73. The van der Waals surface area contributed by atoms with Crippen LogP contribution in [-0.2, 0) is 4.57 Å². The highest BCUT2D eigenvalue weighted by Gasteiger charge is 2.43. The molecule has 132 valence electrons. The third-order valence-corrected chi connectivity index (χ3v) is 4.75. The summed E-state index contributed by atoms with van der Waals surface area (Å²) < 4.78 is 22.1. The van der Waals surface area contributed by atoms with Crippen LogP contribution in [0.3, 0.4) is 0 Å². The minimum atomic E-state index is -5.00. The minimum Gasteiger partial charge on any atom is -0.419 e. The highest BCUT2D eigenvalue weighted by molar-refractivity contribution is 7.89. The van der Waals surface area contributed by atoms with Crippen LogP contribution >= 0.6 is 7.37 Å². The minimum absolute atomic E-state index is 0.124. The summed E-state index contributed by atoms with van der Waals surface area (Å²) in [5.74, 6) is 0.248. The monoisotopic (exact) mass is 362 g/mol. The summed E-state index contributed by atoms with van der Waals surface area (Å²) in [5, 5.41) is 0. The van der Waals surface area contributed by atoms with Crippen molar-refractivity contribution in [2.75, 3.05) is 0 Å². The first-order chi connectivity index (χ1) is 11.6. The van der Waals surface area contributed by atoms with Gasteiger partial charge in [-0.05, 0) is 62.1 Å². The van der Waals surface area contributed by atoms with E-state index in [9.17, 15) is 19.0 Å². The largest absolute Gasteiger partial charge is 0.419 e. The predicted octanol–water partition coefficient (Wildman–Crippen LogP) is 4.89. The van der Waals surface area contributed by atoms with Crippen molar-refractivity contribution >= 4 is 18.8 Å². The molecular formula is C18H19O6P. The lowest BCUT2D eigenvalue weighted by Gasteiger charge is -2.13. The van der Waals surface area contributed by atoms with Gasteiger partial charge in [0.1, 0.15) is 11.5 Å². The predicted molar refractivity (Wildman–Crippen MR) is 93.7 cm³/mol. The first-order valence-electron chi connectivity index (χ1n) is 7.53. The maximum atomic E-state index is 12.2. The Balaban J connectivity index is 2.20. The number of aryl methyl sites for hydroxylation is 4. The van der Waals surface area contributed by atoms with Crippen LogP contribution in [0.15, 0.2) is 36.4 Å². The average molecular weight is 362 g/mol. The molecule has 0 saturated heterocycles. The van der Waals surface area contributed by atoms with Crippen LogP contribution in [0, 0.1) is 27.7 Å². The zero-order chi connectivity index (χ0) is 18.8. The first-order valence-corrected chi connectivity index (χ1v) is 9.19. The molecular weight excluding hydrogens is 343 g/mol. The van der Waals surface area contributed by atoms with Crippen LogP contribution in [0.2, 0.25) is 0 Å². The van der Waals surface area contributed by atoms with E-state index >= 15 is 0 Å². The Morgan fingerprint density at radius 3 is 1.52 bits per heavy atom. The van der Waals surface area contributed by atoms with Crippen molar-refractivity contribution in [2.45, 2.75) is 27.7 Å². The fraction of sp³-hybridized carbons (Fsp3) is 0.222. The van der Waals surface area contributed by atoms with Crippen molar-refractivity contribution in [2.24, 2.45) is 0 Å². The van der Waals surface area contributed by atoms with Gasteiger partial charge in [-0.15, -0.1) is 0 Å². The molecule has 0 amide bonds. The average Bonchev–Trinajstić information content (AvgIpc) is 2.54. The molecule has 0 unspecified atom stereocenters. The Morgan fingerprint density at radius 1 is 0.800 bits per heavy atom. The van der Waals surface area contributed by atoms with Gasteiger partial charge in [0.2, 0.25) is 0 Å². The van der Waals surface area contributed by atoms with Crippen molar-refractivity contribution in [3.63, 3.8) is 0 Å². The van der Waals surface area contributed by atoms with Gasteiger partial charge in [-0.25, -0.2) is 9.59 Å². The number of hydrogen-bond acceptors (Lipinski definition) is 5. The molecule has 2 aromatic rings. The molecule has 0 fully saturated rings. The summed E-state index contributed by atoms with van der Waals surface area (Å²) in [6.45, 7) is 6.92. The highest BCUT2D eigenvalue weighted by Crippen LogP contribution is 2.45. The number of hydrogen-bond donors (Lipinski definition) is 1. The lowest BCUT2D eigenvalue weighted by molar-refractivity contribution is 0.210. The third kappa shape index (κ3) is 4.35. The quantitative estimate of drug-likeness (QED) is 0.779. The van der Waals surface area contributed by atoms with E-state index in [1.165, 1.54) is 0 Å². The van der Waals surface area contributed by atoms with Crippen molar-refractivity contribution in [3.8, 4) is 11.5 Å². The molecule has 1 N–H and O–H groups in total.